The lowest BCUT2D eigenvalue weighted by Gasteiger charge is -2.23. The second kappa shape index (κ2) is 3.83. The third-order valence-electron chi connectivity index (χ3n) is 1.73. The van der Waals surface area contributed by atoms with Gasteiger partial charge >= 0.3 is 0 Å². The van der Waals surface area contributed by atoms with Crippen LogP contribution in [0.4, 0.5) is 0 Å². The molecule has 11 heavy (non-hydrogen) atoms. The molecule has 0 aromatic heterocycles. The van der Waals surface area contributed by atoms with Crippen LogP contribution in [0.2, 0.25) is 0 Å². The molecule has 1 unspecified atom stereocenters. The number of carbonyl (C=O) groups excluding carboxylic acids is 1. The first-order valence-corrected chi connectivity index (χ1v) is 4.11. The number of hydrogen-bond acceptors (Lipinski definition) is 3. The van der Waals surface area contributed by atoms with E-state index in [1.807, 2.05) is 0 Å². The summed E-state index contributed by atoms with van der Waals surface area (Å²) in [5.74, 6) is 0.784. The smallest absolute Gasteiger partial charge is 0.163 e. The van der Waals surface area contributed by atoms with Crippen molar-refractivity contribution in [3.8, 4) is 0 Å². The predicted octanol–water partition coefficient (Wildman–Crippen LogP) is 0.895. The van der Waals surface area contributed by atoms with Gasteiger partial charge in [0, 0.05) is 13.0 Å². The molecule has 0 bridgehead atoms. The molecule has 0 heterocycles. The molecule has 3 heteroatoms. The molecule has 0 aromatic carbocycles. The van der Waals surface area contributed by atoms with E-state index in [1.54, 1.807) is 0 Å². The van der Waals surface area contributed by atoms with Gasteiger partial charge in [0.15, 0.2) is 5.78 Å². The van der Waals surface area contributed by atoms with E-state index in [0.29, 0.717) is 12.3 Å². The van der Waals surface area contributed by atoms with E-state index < -0.39 is 0 Å². The Morgan fingerprint density at radius 2 is 2.45 bits per heavy atom. The summed E-state index contributed by atoms with van der Waals surface area (Å²) in [6.45, 7) is 5.00. The van der Waals surface area contributed by atoms with Crippen LogP contribution in [-0.4, -0.2) is 18.4 Å². The largest absolute Gasteiger partial charge is 0.297 e. The van der Waals surface area contributed by atoms with Crippen molar-refractivity contribution in [1.29, 1.82) is 0 Å². The molecule has 0 spiro atoms. The molecule has 1 aliphatic carbocycles. The lowest BCUT2D eigenvalue weighted by atomic mass is 9.95. The van der Waals surface area contributed by atoms with Crippen LogP contribution < -0.4 is 5.48 Å². The van der Waals surface area contributed by atoms with Crippen LogP contribution >= 0.6 is 0 Å². The molecule has 1 fully saturated rings. The minimum atomic E-state index is -0.159. The Labute approximate surface area is 67.1 Å². The van der Waals surface area contributed by atoms with Gasteiger partial charge in [-0.05, 0) is 12.3 Å². The van der Waals surface area contributed by atoms with Crippen molar-refractivity contribution in [2.45, 2.75) is 32.8 Å². The molecular weight excluding hydrogens is 142 g/mol. The summed E-state index contributed by atoms with van der Waals surface area (Å²) in [5.41, 5.74) is 2.80. The van der Waals surface area contributed by atoms with Crippen molar-refractivity contribution in [3.63, 3.8) is 0 Å². The zero-order chi connectivity index (χ0) is 8.27. The Morgan fingerprint density at radius 3 is 2.82 bits per heavy atom. The van der Waals surface area contributed by atoms with E-state index in [9.17, 15) is 4.79 Å². The molecule has 0 radical (unpaired) electrons. The van der Waals surface area contributed by atoms with Crippen molar-refractivity contribution in [2.24, 2.45) is 5.92 Å². The maximum Gasteiger partial charge on any atom is 0.163 e. The van der Waals surface area contributed by atoms with Gasteiger partial charge in [-0.25, -0.2) is 5.48 Å². The Hall–Kier alpha value is -0.410. The number of hydrogen-bond donors (Lipinski definition) is 1. The minimum Gasteiger partial charge on any atom is -0.297 e. The molecule has 3 nitrogen and oxygen atoms in total. The molecule has 64 valence electrons. The Kier molecular flexibility index (Phi) is 3.02. The van der Waals surface area contributed by atoms with Crippen LogP contribution in [0.3, 0.4) is 0 Å². The second-order valence-corrected chi connectivity index (χ2v) is 3.35. The van der Waals surface area contributed by atoms with Gasteiger partial charge in [-0.15, -0.1) is 0 Å². The molecule has 0 saturated heterocycles. The second-order valence-electron chi connectivity index (χ2n) is 3.35. The lowest BCUT2D eigenvalue weighted by Crippen LogP contribution is -2.39. The summed E-state index contributed by atoms with van der Waals surface area (Å²) in [6.07, 6.45) is 1.41. The predicted molar refractivity (Wildman–Crippen MR) is 42.0 cm³/mol. The summed E-state index contributed by atoms with van der Waals surface area (Å²) in [5, 5.41) is 0. The van der Waals surface area contributed by atoms with Crippen molar-refractivity contribution in [1.82, 2.24) is 5.48 Å². The van der Waals surface area contributed by atoms with E-state index >= 15 is 0 Å². The standard InChI is InChI=1S/C8H15NO2/c1-6(2)5-9-11-8-4-3-7(8)10/h6,8-9H,3-5H2,1-2H3. The molecule has 1 saturated carbocycles. The maximum atomic E-state index is 10.7. The van der Waals surface area contributed by atoms with Gasteiger partial charge in [0.05, 0.1) is 0 Å². The lowest BCUT2D eigenvalue weighted by molar-refractivity contribution is -0.148. The fourth-order valence-corrected chi connectivity index (χ4v) is 0.820. The van der Waals surface area contributed by atoms with Gasteiger partial charge in [-0.1, -0.05) is 13.8 Å². The summed E-state index contributed by atoms with van der Waals surface area (Å²) in [7, 11) is 0. The fraction of sp³-hybridized carbons (Fsp3) is 0.875. The molecule has 1 rings (SSSR count). The third kappa shape index (κ3) is 2.60. The first kappa shape index (κ1) is 8.68. The highest BCUT2D eigenvalue weighted by atomic mass is 16.7. The van der Waals surface area contributed by atoms with Crippen LogP contribution in [0.5, 0.6) is 0 Å². The molecular formula is C8H15NO2. The molecule has 0 aromatic rings. The summed E-state index contributed by atoms with van der Waals surface area (Å²) >= 11 is 0. The van der Waals surface area contributed by atoms with E-state index in [1.165, 1.54) is 0 Å². The first-order chi connectivity index (χ1) is 5.20. The van der Waals surface area contributed by atoms with Gasteiger partial charge in [-0.2, -0.15) is 0 Å². The molecule has 0 amide bonds. The summed E-state index contributed by atoms with van der Waals surface area (Å²) in [4.78, 5) is 15.8. The van der Waals surface area contributed by atoms with Crippen LogP contribution in [0.1, 0.15) is 26.7 Å². The molecule has 1 aliphatic rings. The van der Waals surface area contributed by atoms with E-state index in [-0.39, 0.29) is 11.9 Å². The van der Waals surface area contributed by atoms with Gasteiger partial charge in [0.1, 0.15) is 6.10 Å². The van der Waals surface area contributed by atoms with Gasteiger partial charge in [-0.3, -0.25) is 9.63 Å². The van der Waals surface area contributed by atoms with E-state index in [0.717, 1.165) is 13.0 Å². The van der Waals surface area contributed by atoms with Crippen LogP contribution in [0, 0.1) is 5.92 Å². The first-order valence-electron chi connectivity index (χ1n) is 4.11. The summed E-state index contributed by atoms with van der Waals surface area (Å²) in [6, 6.07) is 0. The van der Waals surface area contributed by atoms with Gasteiger partial charge in [0.2, 0.25) is 0 Å². The highest BCUT2D eigenvalue weighted by Crippen LogP contribution is 2.16. The van der Waals surface area contributed by atoms with Crippen molar-refractivity contribution < 1.29 is 9.63 Å². The topological polar surface area (TPSA) is 38.3 Å². The fourth-order valence-electron chi connectivity index (χ4n) is 0.820. The number of rotatable bonds is 4. The minimum absolute atomic E-state index is 0.159. The Balaban J connectivity index is 1.99. The summed E-state index contributed by atoms with van der Waals surface area (Å²) < 4.78 is 0. The number of Topliss-reactive ketones (excluding diaryl/α,β-unsaturated/α-hetero) is 1. The van der Waals surface area contributed by atoms with Crippen LogP contribution in [0.15, 0.2) is 0 Å². The monoisotopic (exact) mass is 157 g/mol. The molecule has 1 N–H and O–H groups in total. The SMILES string of the molecule is CC(C)CNOC1CCC1=O. The van der Waals surface area contributed by atoms with E-state index in [2.05, 4.69) is 19.3 Å². The van der Waals surface area contributed by atoms with E-state index in [4.69, 9.17) is 4.84 Å². The van der Waals surface area contributed by atoms with Gasteiger partial charge in [0.25, 0.3) is 0 Å². The number of ketones is 1. The van der Waals surface area contributed by atoms with Crippen molar-refractivity contribution in [2.75, 3.05) is 6.54 Å². The van der Waals surface area contributed by atoms with Gasteiger partial charge < -0.3 is 0 Å². The number of nitrogens with one attached hydrogen (secondary N) is 1. The zero-order valence-corrected chi connectivity index (χ0v) is 7.09. The van der Waals surface area contributed by atoms with Crippen LogP contribution in [-0.2, 0) is 9.63 Å². The van der Waals surface area contributed by atoms with Crippen LogP contribution in [0.25, 0.3) is 0 Å². The zero-order valence-electron chi connectivity index (χ0n) is 7.09. The normalized spacial score (nSPS) is 23.9. The maximum absolute atomic E-state index is 10.7. The third-order valence-corrected chi connectivity index (χ3v) is 1.73. The highest BCUT2D eigenvalue weighted by molar-refractivity contribution is 5.88. The average molecular weight is 157 g/mol. The molecule has 1 atom stereocenters. The Morgan fingerprint density at radius 1 is 1.73 bits per heavy atom. The number of hydroxylamine groups is 1. The Bertz CT molecular complexity index is 145. The van der Waals surface area contributed by atoms with Crippen molar-refractivity contribution >= 4 is 5.78 Å². The number of carbonyl (C=O) groups is 1. The molecule has 0 aliphatic heterocycles. The average Bonchev–Trinajstić information content (AvgIpc) is 1.94. The quantitative estimate of drug-likeness (QED) is 0.616. The highest BCUT2D eigenvalue weighted by Gasteiger charge is 2.29. The van der Waals surface area contributed by atoms with Crippen molar-refractivity contribution in [3.05, 3.63) is 0 Å².